The predicted molar refractivity (Wildman–Crippen MR) is 112 cm³/mol. The van der Waals surface area contributed by atoms with Crippen LogP contribution in [0, 0.1) is 0 Å². The van der Waals surface area contributed by atoms with Crippen LogP contribution in [0.2, 0.25) is 0 Å². The normalized spacial score (nSPS) is 15.3. The number of rotatable bonds is 6. The van der Waals surface area contributed by atoms with Crippen molar-refractivity contribution >= 4 is 12.0 Å². The molecule has 8 nitrogen and oxygen atoms in total. The average molecular weight is 454 g/mol. The van der Waals surface area contributed by atoms with Gasteiger partial charge in [0.25, 0.3) is 0 Å². The van der Waals surface area contributed by atoms with E-state index in [1.165, 1.54) is 0 Å². The highest BCUT2D eigenvalue weighted by Gasteiger charge is 2.32. The SMILES string of the molecule is C[C@@H](CCCn1cc2c(n1)CCN(c1ncc(C(F)(F)F)cn1)C2)NC(=O)OC(C)(C)C. The molecule has 0 radical (unpaired) electrons. The predicted octanol–water partition coefficient (Wildman–Crippen LogP) is 3.95. The number of aromatic nitrogens is 4. The maximum Gasteiger partial charge on any atom is 0.419 e. The summed E-state index contributed by atoms with van der Waals surface area (Å²) < 4.78 is 45.3. The van der Waals surface area contributed by atoms with Crippen molar-refractivity contribution < 1.29 is 22.7 Å². The Kier molecular flexibility index (Phi) is 6.94. The van der Waals surface area contributed by atoms with Crippen LogP contribution >= 0.6 is 0 Å². The van der Waals surface area contributed by atoms with E-state index in [4.69, 9.17) is 4.74 Å². The van der Waals surface area contributed by atoms with Gasteiger partial charge in [0.1, 0.15) is 5.60 Å². The molecule has 11 heteroatoms. The number of carbonyl (C=O) groups is 1. The van der Waals surface area contributed by atoms with Gasteiger partial charge < -0.3 is 15.0 Å². The van der Waals surface area contributed by atoms with Gasteiger partial charge >= 0.3 is 12.3 Å². The number of hydrogen-bond donors (Lipinski definition) is 1. The van der Waals surface area contributed by atoms with E-state index in [-0.39, 0.29) is 12.0 Å². The first-order valence-electron chi connectivity index (χ1n) is 10.6. The van der Waals surface area contributed by atoms with Crippen LogP contribution in [0.15, 0.2) is 18.6 Å². The van der Waals surface area contributed by atoms with Crippen LogP contribution in [0.25, 0.3) is 0 Å². The zero-order valence-corrected chi connectivity index (χ0v) is 18.7. The lowest BCUT2D eigenvalue weighted by Crippen LogP contribution is -2.37. The number of ether oxygens (including phenoxy) is 1. The van der Waals surface area contributed by atoms with Crippen molar-refractivity contribution in [1.29, 1.82) is 0 Å². The van der Waals surface area contributed by atoms with E-state index < -0.39 is 23.4 Å². The first kappa shape index (κ1) is 23.8. The van der Waals surface area contributed by atoms with Crippen LogP contribution in [0.4, 0.5) is 23.9 Å². The fourth-order valence-corrected chi connectivity index (χ4v) is 3.43. The van der Waals surface area contributed by atoms with Crippen molar-refractivity contribution in [2.45, 2.75) is 77.9 Å². The molecular weight excluding hydrogens is 425 g/mol. The number of hydrogen-bond acceptors (Lipinski definition) is 6. The summed E-state index contributed by atoms with van der Waals surface area (Å²) in [6.07, 6.45) is 0.973. The molecular formula is C21H29F3N6O2. The van der Waals surface area contributed by atoms with Gasteiger partial charge in [-0.2, -0.15) is 18.3 Å². The number of amides is 1. The van der Waals surface area contributed by atoms with E-state index in [1.807, 2.05) is 43.5 Å². The molecule has 2 aromatic rings. The van der Waals surface area contributed by atoms with Gasteiger partial charge in [0.15, 0.2) is 0 Å². The number of nitrogens with zero attached hydrogens (tertiary/aromatic N) is 5. The van der Waals surface area contributed by atoms with Gasteiger partial charge in [-0.25, -0.2) is 14.8 Å². The summed E-state index contributed by atoms with van der Waals surface area (Å²) in [5.41, 5.74) is 0.604. The topological polar surface area (TPSA) is 85.2 Å². The highest BCUT2D eigenvalue weighted by molar-refractivity contribution is 5.67. The first-order valence-corrected chi connectivity index (χ1v) is 10.6. The highest BCUT2D eigenvalue weighted by Crippen LogP contribution is 2.29. The molecule has 0 saturated carbocycles. The van der Waals surface area contributed by atoms with Crippen LogP contribution in [-0.2, 0) is 30.4 Å². The minimum atomic E-state index is -4.45. The summed E-state index contributed by atoms with van der Waals surface area (Å²) in [4.78, 5) is 21.4. The number of carbonyl (C=O) groups excluding carboxylic acids is 1. The summed E-state index contributed by atoms with van der Waals surface area (Å²) in [6.45, 7) is 9.18. The third-order valence-electron chi connectivity index (χ3n) is 4.94. The van der Waals surface area contributed by atoms with Crippen molar-refractivity contribution in [2.75, 3.05) is 11.4 Å². The molecule has 1 aliphatic rings. The quantitative estimate of drug-likeness (QED) is 0.712. The van der Waals surface area contributed by atoms with E-state index in [0.29, 0.717) is 26.1 Å². The lowest BCUT2D eigenvalue weighted by molar-refractivity contribution is -0.138. The molecule has 0 saturated heterocycles. The number of anilines is 1. The highest BCUT2D eigenvalue weighted by atomic mass is 19.4. The van der Waals surface area contributed by atoms with E-state index >= 15 is 0 Å². The summed E-state index contributed by atoms with van der Waals surface area (Å²) >= 11 is 0. The van der Waals surface area contributed by atoms with E-state index in [0.717, 1.165) is 36.5 Å². The Bertz CT molecular complexity index is 921. The van der Waals surface area contributed by atoms with Gasteiger partial charge in [-0.1, -0.05) is 0 Å². The zero-order valence-electron chi connectivity index (χ0n) is 18.7. The zero-order chi connectivity index (χ0) is 23.5. The largest absolute Gasteiger partial charge is 0.444 e. The van der Waals surface area contributed by atoms with Gasteiger partial charge in [-0.15, -0.1) is 0 Å². The minimum Gasteiger partial charge on any atom is -0.444 e. The summed E-state index contributed by atoms with van der Waals surface area (Å²) in [7, 11) is 0. The van der Waals surface area contributed by atoms with Crippen molar-refractivity contribution in [3.63, 3.8) is 0 Å². The Morgan fingerprint density at radius 1 is 1.25 bits per heavy atom. The van der Waals surface area contributed by atoms with Crippen LogP contribution in [0.1, 0.15) is 57.4 Å². The van der Waals surface area contributed by atoms with Crippen LogP contribution in [0.5, 0.6) is 0 Å². The molecule has 1 N–H and O–H groups in total. The standard InChI is InChI=1S/C21H29F3N6O2/c1-14(27-19(31)32-20(2,3)4)6-5-8-30-13-15-12-29(9-7-17(15)28-30)18-25-10-16(11-26-18)21(22,23)24/h10-11,13-14H,5-9,12H2,1-4H3,(H,27,31)/t14-/m0/s1. The number of fused-ring (bicyclic) bond motifs is 1. The molecule has 0 aliphatic carbocycles. The Balaban J connectivity index is 1.49. The summed E-state index contributed by atoms with van der Waals surface area (Å²) in [5, 5.41) is 7.45. The molecule has 0 bridgehead atoms. The second kappa shape index (κ2) is 9.33. The molecule has 3 heterocycles. The Morgan fingerprint density at radius 3 is 2.56 bits per heavy atom. The smallest absolute Gasteiger partial charge is 0.419 e. The monoisotopic (exact) mass is 454 g/mol. The molecule has 0 unspecified atom stereocenters. The molecule has 0 spiro atoms. The molecule has 3 rings (SSSR count). The fourth-order valence-electron chi connectivity index (χ4n) is 3.43. The maximum atomic E-state index is 12.7. The Hall–Kier alpha value is -2.85. The van der Waals surface area contributed by atoms with E-state index in [1.54, 1.807) is 0 Å². The lowest BCUT2D eigenvalue weighted by atomic mass is 10.1. The van der Waals surface area contributed by atoms with Crippen molar-refractivity contribution in [3.05, 3.63) is 35.4 Å². The number of aryl methyl sites for hydroxylation is 1. The lowest BCUT2D eigenvalue weighted by Gasteiger charge is -2.26. The van der Waals surface area contributed by atoms with Crippen LogP contribution in [0.3, 0.4) is 0 Å². The van der Waals surface area contributed by atoms with E-state index in [2.05, 4.69) is 20.4 Å². The number of alkyl halides is 3. The summed E-state index contributed by atoms with van der Waals surface area (Å²) in [5.74, 6) is 0.276. The fraction of sp³-hybridized carbons (Fsp3) is 0.619. The van der Waals surface area contributed by atoms with Crippen molar-refractivity contribution in [3.8, 4) is 0 Å². The van der Waals surface area contributed by atoms with Gasteiger partial charge in [-0.3, -0.25) is 4.68 Å². The molecule has 0 fully saturated rings. The molecule has 2 aromatic heterocycles. The summed E-state index contributed by atoms with van der Waals surface area (Å²) in [6, 6.07) is -0.0256. The number of nitrogens with one attached hydrogen (secondary N) is 1. The molecule has 1 amide bonds. The van der Waals surface area contributed by atoms with Crippen LogP contribution < -0.4 is 10.2 Å². The van der Waals surface area contributed by atoms with Crippen molar-refractivity contribution in [2.24, 2.45) is 0 Å². The molecule has 1 aliphatic heterocycles. The third kappa shape index (κ3) is 6.57. The molecule has 176 valence electrons. The third-order valence-corrected chi connectivity index (χ3v) is 4.94. The minimum absolute atomic E-state index is 0.0256. The molecule has 1 atom stereocenters. The number of halogens is 3. The Labute approximate surface area is 185 Å². The van der Waals surface area contributed by atoms with Gasteiger partial charge in [0.05, 0.1) is 11.3 Å². The van der Waals surface area contributed by atoms with Crippen LogP contribution in [-0.4, -0.2) is 44.0 Å². The average Bonchev–Trinajstić information content (AvgIpc) is 3.07. The van der Waals surface area contributed by atoms with Gasteiger partial charge in [-0.05, 0) is 40.5 Å². The van der Waals surface area contributed by atoms with Gasteiger partial charge in [0, 0.05) is 56.3 Å². The number of alkyl carbamates (subject to hydrolysis) is 1. The van der Waals surface area contributed by atoms with Gasteiger partial charge in [0.2, 0.25) is 5.95 Å². The van der Waals surface area contributed by atoms with E-state index in [9.17, 15) is 18.0 Å². The maximum absolute atomic E-state index is 12.7. The first-order chi connectivity index (χ1) is 14.9. The second-order valence-electron chi connectivity index (χ2n) is 8.99. The Morgan fingerprint density at radius 2 is 1.94 bits per heavy atom. The second-order valence-corrected chi connectivity index (χ2v) is 8.99. The molecule has 32 heavy (non-hydrogen) atoms. The van der Waals surface area contributed by atoms with Crippen molar-refractivity contribution in [1.82, 2.24) is 25.1 Å². The molecule has 0 aromatic carbocycles.